The van der Waals surface area contributed by atoms with E-state index in [0.717, 1.165) is 15.0 Å². The van der Waals surface area contributed by atoms with Crippen LogP contribution in [-0.2, 0) is 23.6 Å². The Labute approximate surface area is 199 Å². The van der Waals surface area contributed by atoms with E-state index < -0.39 is 15.3 Å². The van der Waals surface area contributed by atoms with Crippen molar-refractivity contribution in [2.24, 2.45) is 7.05 Å². The Morgan fingerprint density at radius 3 is 2.56 bits per heavy atom. The van der Waals surface area contributed by atoms with Crippen LogP contribution in [0.4, 0.5) is 5.69 Å². The molecule has 2 atom stereocenters. The van der Waals surface area contributed by atoms with Gasteiger partial charge in [-0.3, -0.25) is 9.69 Å². The molecule has 11 heteroatoms. The number of rotatable bonds is 5. The van der Waals surface area contributed by atoms with E-state index in [0.29, 0.717) is 31.0 Å². The summed E-state index contributed by atoms with van der Waals surface area (Å²) in [5.74, 6) is 0. The van der Waals surface area contributed by atoms with Crippen molar-refractivity contribution in [1.82, 2.24) is 23.9 Å². The molecule has 1 aromatic carbocycles. The number of aryl methyl sites for hydroxylation is 1. The lowest BCUT2D eigenvalue weighted by atomic mass is 10.0. The van der Waals surface area contributed by atoms with Gasteiger partial charge in [0.1, 0.15) is 11.6 Å². The van der Waals surface area contributed by atoms with Crippen LogP contribution < -0.4 is 10.5 Å². The average molecular weight is 484 g/mol. The van der Waals surface area contributed by atoms with E-state index in [2.05, 4.69) is 40.0 Å². The predicted octanol–water partition coefficient (Wildman–Crippen LogP) is 1.69. The number of fused-ring (bicyclic) bond motifs is 1. The fourth-order valence-corrected chi connectivity index (χ4v) is 5.35. The third-order valence-electron chi connectivity index (χ3n) is 6.53. The number of hydrogen-bond acceptors (Lipinski definition) is 8. The van der Waals surface area contributed by atoms with Gasteiger partial charge in [-0.25, -0.2) is 8.42 Å². The van der Waals surface area contributed by atoms with Gasteiger partial charge >= 0.3 is 0 Å². The summed E-state index contributed by atoms with van der Waals surface area (Å²) in [5.41, 5.74) is 1.88. The molecule has 180 valence electrons. The largest absolute Gasteiger partial charge is 0.364 e. The Kier molecular flexibility index (Phi) is 6.22. The molecule has 2 aromatic heterocycles. The summed E-state index contributed by atoms with van der Waals surface area (Å²) in [6.07, 6.45) is 1.47. The summed E-state index contributed by atoms with van der Waals surface area (Å²) in [7, 11) is -1.86. The van der Waals surface area contributed by atoms with Gasteiger partial charge in [0.05, 0.1) is 28.3 Å². The van der Waals surface area contributed by atoms with Crippen molar-refractivity contribution >= 4 is 26.6 Å². The van der Waals surface area contributed by atoms with E-state index in [-0.39, 0.29) is 23.2 Å². The normalized spacial score (nSPS) is 19.6. The molecule has 1 saturated heterocycles. The van der Waals surface area contributed by atoms with Crippen LogP contribution in [-0.4, -0.2) is 62.7 Å². The third-order valence-corrected chi connectivity index (χ3v) is 8.42. The number of piperazine rings is 1. The zero-order valence-electron chi connectivity index (χ0n) is 20.0. The van der Waals surface area contributed by atoms with Crippen LogP contribution >= 0.6 is 0 Å². The maximum atomic E-state index is 12.9. The van der Waals surface area contributed by atoms with E-state index in [1.54, 1.807) is 20.9 Å². The summed E-state index contributed by atoms with van der Waals surface area (Å²) in [4.78, 5) is 17.3. The van der Waals surface area contributed by atoms with E-state index in [4.69, 9.17) is 0 Å². The highest BCUT2D eigenvalue weighted by Crippen LogP contribution is 2.32. The van der Waals surface area contributed by atoms with Gasteiger partial charge in [-0.1, -0.05) is 23.4 Å². The van der Waals surface area contributed by atoms with Gasteiger partial charge in [0, 0.05) is 44.2 Å². The number of benzene rings is 1. The first-order valence-electron chi connectivity index (χ1n) is 11.2. The molecule has 3 aromatic rings. The molecule has 1 aliphatic rings. The van der Waals surface area contributed by atoms with Crippen LogP contribution in [0.5, 0.6) is 0 Å². The summed E-state index contributed by atoms with van der Waals surface area (Å²) in [6.45, 7) is 9.06. The molecule has 0 aliphatic carbocycles. The quantitative estimate of drug-likeness (QED) is 0.538. The molecular formula is C23H29N7O3S. The lowest BCUT2D eigenvalue weighted by molar-refractivity contribution is 0.156. The highest BCUT2D eigenvalue weighted by Gasteiger charge is 2.33. The second kappa shape index (κ2) is 8.85. The Hall–Kier alpha value is -3.23. The second-order valence-corrected chi connectivity index (χ2v) is 11.5. The lowest BCUT2D eigenvalue weighted by Gasteiger charge is -2.45. The van der Waals surface area contributed by atoms with Crippen molar-refractivity contribution in [3.05, 3.63) is 52.1 Å². The molecule has 34 heavy (non-hydrogen) atoms. The smallest absolute Gasteiger partial charge is 0.270 e. The number of hydrogen-bond donors (Lipinski definition) is 0. The monoisotopic (exact) mass is 483 g/mol. The van der Waals surface area contributed by atoms with Gasteiger partial charge in [-0.05, 0) is 33.8 Å². The minimum atomic E-state index is -3.55. The lowest BCUT2D eigenvalue weighted by Crippen LogP contribution is -2.56. The standard InChI is InChI=1S/C23H29N7O3S/c1-15(2)34(32,33)30-14-18(25-26-30)13-28-11-17(4)29(12-16(28)3)22-19-8-6-7-9-21(19)27(5)23(31)20(22)10-24/h6-9,14-17H,11-13H2,1-5H3/t16-,17+/m1/s1. The van der Waals surface area contributed by atoms with Crippen LogP contribution in [0.25, 0.3) is 10.9 Å². The number of pyridine rings is 1. The Morgan fingerprint density at radius 1 is 1.18 bits per heavy atom. The van der Waals surface area contributed by atoms with Gasteiger partial charge in [-0.2, -0.15) is 5.26 Å². The van der Waals surface area contributed by atoms with Crippen LogP contribution in [0, 0.1) is 11.3 Å². The molecule has 1 fully saturated rings. The summed E-state index contributed by atoms with van der Waals surface area (Å²) in [5, 5.41) is 18.0. The first-order valence-corrected chi connectivity index (χ1v) is 12.7. The molecule has 0 saturated carbocycles. The zero-order chi connectivity index (χ0) is 24.8. The highest BCUT2D eigenvalue weighted by atomic mass is 32.2. The minimum absolute atomic E-state index is 0.00764. The van der Waals surface area contributed by atoms with Crippen molar-refractivity contribution in [3.63, 3.8) is 0 Å². The molecule has 0 unspecified atom stereocenters. The summed E-state index contributed by atoms with van der Waals surface area (Å²) >= 11 is 0. The predicted molar refractivity (Wildman–Crippen MR) is 130 cm³/mol. The maximum absolute atomic E-state index is 12.9. The molecule has 4 rings (SSSR count). The fraction of sp³-hybridized carbons (Fsp3) is 0.478. The zero-order valence-corrected chi connectivity index (χ0v) is 20.8. The van der Waals surface area contributed by atoms with Crippen molar-refractivity contribution < 1.29 is 8.42 Å². The van der Waals surface area contributed by atoms with Crippen LogP contribution in [0.15, 0.2) is 35.3 Å². The second-order valence-electron chi connectivity index (χ2n) is 9.17. The van der Waals surface area contributed by atoms with E-state index >= 15 is 0 Å². The first kappa shape index (κ1) is 23.9. The van der Waals surface area contributed by atoms with Crippen LogP contribution in [0.1, 0.15) is 39.0 Å². The Balaban J connectivity index is 1.64. The number of nitrogens with zero attached hydrogens (tertiary/aromatic N) is 7. The Bertz CT molecular complexity index is 1430. The summed E-state index contributed by atoms with van der Waals surface area (Å²) in [6, 6.07) is 9.85. The van der Waals surface area contributed by atoms with Gasteiger partial charge in [0.15, 0.2) is 0 Å². The minimum Gasteiger partial charge on any atom is -0.364 e. The fourth-order valence-electron chi connectivity index (χ4n) is 4.51. The first-order chi connectivity index (χ1) is 16.1. The number of nitriles is 1. The number of aromatic nitrogens is 4. The number of para-hydroxylation sites is 1. The van der Waals surface area contributed by atoms with Gasteiger partial charge < -0.3 is 9.47 Å². The molecule has 3 heterocycles. The molecule has 1 aliphatic heterocycles. The summed E-state index contributed by atoms with van der Waals surface area (Å²) < 4.78 is 27.2. The van der Waals surface area contributed by atoms with Crippen LogP contribution in [0.3, 0.4) is 0 Å². The van der Waals surface area contributed by atoms with Crippen molar-refractivity contribution in [2.75, 3.05) is 18.0 Å². The molecule has 0 amide bonds. The SMILES string of the molecule is CC(C)S(=O)(=O)n1cc(CN2C[C@H](C)N(c3c(C#N)c(=O)n(C)c4ccccc34)C[C@H]2C)nn1. The highest BCUT2D eigenvalue weighted by molar-refractivity contribution is 7.90. The third kappa shape index (κ3) is 3.97. The van der Waals surface area contributed by atoms with E-state index in [9.17, 15) is 18.5 Å². The van der Waals surface area contributed by atoms with E-state index in [1.807, 2.05) is 24.3 Å². The molecule has 0 N–H and O–H groups in total. The van der Waals surface area contributed by atoms with Crippen molar-refractivity contribution in [2.45, 2.75) is 51.6 Å². The molecule has 0 bridgehead atoms. The molecule has 0 radical (unpaired) electrons. The Morgan fingerprint density at radius 2 is 1.88 bits per heavy atom. The average Bonchev–Trinajstić information content (AvgIpc) is 3.28. The molecule has 0 spiro atoms. The van der Waals surface area contributed by atoms with Crippen molar-refractivity contribution in [3.8, 4) is 6.07 Å². The van der Waals surface area contributed by atoms with Crippen LogP contribution in [0.2, 0.25) is 0 Å². The van der Waals surface area contributed by atoms with E-state index in [1.165, 1.54) is 10.8 Å². The van der Waals surface area contributed by atoms with Gasteiger partial charge in [0.25, 0.3) is 15.6 Å². The molecular weight excluding hydrogens is 454 g/mol. The molecule has 10 nitrogen and oxygen atoms in total. The topological polar surface area (TPSA) is 117 Å². The maximum Gasteiger partial charge on any atom is 0.270 e. The van der Waals surface area contributed by atoms with Gasteiger partial charge in [-0.15, -0.1) is 9.19 Å². The van der Waals surface area contributed by atoms with Gasteiger partial charge in [0.2, 0.25) is 0 Å². The van der Waals surface area contributed by atoms with Crippen molar-refractivity contribution in [1.29, 1.82) is 5.26 Å². The number of anilines is 1.